The van der Waals surface area contributed by atoms with Crippen LogP contribution in [0.3, 0.4) is 0 Å². The third kappa shape index (κ3) is 6.23. The predicted molar refractivity (Wildman–Crippen MR) is 120 cm³/mol. The zero-order valence-corrected chi connectivity index (χ0v) is 20.5. The lowest BCUT2D eigenvalue weighted by Crippen LogP contribution is -2.48. The number of carbonyl (C=O) groups excluding carboxylic acids is 1. The molecule has 0 saturated carbocycles. The van der Waals surface area contributed by atoms with Gasteiger partial charge in [0, 0.05) is 40.9 Å². The fourth-order valence-electron chi connectivity index (χ4n) is 3.54. The smallest absolute Gasteiger partial charge is 0.450 e. The SMILES string of the molecule is CSc1cnc(-c2cc(-c3ccc(F)c([C@]4(C)C[C@@H](C(F)(F)F)OC(NOC(=O)C(F)(F)F)=N4)c3)on2)nc1. The van der Waals surface area contributed by atoms with Crippen molar-refractivity contribution in [3.05, 3.63) is 48.0 Å². The lowest BCUT2D eigenvalue weighted by Gasteiger charge is -2.36. The van der Waals surface area contributed by atoms with E-state index in [2.05, 4.69) is 29.7 Å². The normalized spacial score (nSPS) is 19.7. The Morgan fingerprint density at radius 2 is 1.85 bits per heavy atom. The maximum Gasteiger partial charge on any atom is 0.493 e. The summed E-state index contributed by atoms with van der Waals surface area (Å²) in [5.74, 6) is -3.42. The first-order valence-electron chi connectivity index (χ1n) is 10.7. The highest BCUT2D eigenvalue weighted by molar-refractivity contribution is 7.98. The number of aromatic nitrogens is 3. The van der Waals surface area contributed by atoms with E-state index in [-0.39, 0.29) is 28.4 Å². The number of aliphatic imine (C=N–C) groups is 1. The van der Waals surface area contributed by atoms with Gasteiger partial charge in [-0.2, -0.15) is 31.8 Å². The van der Waals surface area contributed by atoms with Crippen molar-refractivity contribution in [3.8, 4) is 22.8 Å². The fourth-order valence-corrected chi connectivity index (χ4v) is 3.86. The van der Waals surface area contributed by atoms with Crippen LogP contribution in [0.25, 0.3) is 22.8 Å². The van der Waals surface area contributed by atoms with E-state index in [1.807, 2.05) is 6.26 Å². The average Bonchev–Trinajstić information content (AvgIpc) is 3.36. The highest BCUT2D eigenvalue weighted by Gasteiger charge is 2.51. The van der Waals surface area contributed by atoms with Crippen molar-refractivity contribution < 1.29 is 49.6 Å². The van der Waals surface area contributed by atoms with Gasteiger partial charge in [0.05, 0.1) is 5.54 Å². The molecule has 2 aromatic heterocycles. The van der Waals surface area contributed by atoms with Gasteiger partial charge in [0.1, 0.15) is 5.82 Å². The minimum atomic E-state index is -5.45. The number of nitrogens with one attached hydrogen (secondary N) is 1. The summed E-state index contributed by atoms with van der Waals surface area (Å²) in [6.45, 7) is 1.11. The Hall–Kier alpha value is -3.89. The van der Waals surface area contributed by atoms with E-state index in [1.54, 1.807) is 12.4 Å². The van der Waals surface area contributed by atoms with Crippen LogP contribution >= 0.6 is 11.8 Å². The second-order valence-electron chi connectivity index (χ2n) is 8.25. The lowest BCUT2D eigenvalue weighted by molar-refractivity contribution is -0.215. The van der Waals surface area contributed by atoms with E-state index in [4.69, 9.17) is 4.52 Å². The van der Waals surface area contributed by atoms with Crippen LogP contribution in [-0.2, 0) is 19.9 Å². The molecule has 9 nitrogen and oxygen atoms in total. The van der Waals surface area contributed by atoms with Crippen molar-refractivity contribution in [2.24, 2.45) is 4.99 Å². The molecule has 17 heteroatoms. The molecule has 208 valence electrons. The second kappa shape index (κ2) is 10.3. The molecule has 39 heavy (non-hydrogen) atoms. The summed E-state index contributed by atoms with van der Waals surface area (Å²) in [5, 5.41) is 3.87. The van der Waals surface area contributed by atoms with Crippen LogP contribution in [0, 0.1) is 5.82 Å². The Morgan fingerprint density at radius 1 is 1.15 bits per heavy atom. The summed E-state index contributed by atoms with van der Waals surface area (Å²) >= 11 is 1.42. The van der Waals surface area contributed by atoms with Gasteiger partial charge in [0.2, 0.25) is 0 Å². The van der Waals surface area contributed by atoms with Crippen LogP contribution < -0.4 is 5.48 Å². The number of rotatable bonds is 4. The summed E-state index contributed by atoms with van der Waals surface area (Å²) in [4.78, 5) is 27.7. The molecule has 1 aliphatic rings. The van der Waals surface area contributed by atoms with Gasteiger partial charge in [0.25, 0.3) is 0 Å². The number of benzene rings is 1. The van der Waals surface area contributed by atoms with Gasteiger partial charge in [-0.05, 0) is 31.4 Å². The molecular weight excluding hydrogens is 563 g/mol. The van der Waals surface area contributed by atoms with E-state index >= 15 is 0 Å². The topological polar surface area (TPSA) is 112 Å². The molecule has 0 spiro atoms. The summed E-state index contributed by atoms with van der Waals surface area (Å²) < 4.78 is 103. The molecule has 0 bridgehead atoms. The number of amidine groups is 1. The first-order chi connectivity index (χ1) is 18.2. The Kier molecular flexibility index (Phi) is 7.46. The molecule has 0 radical (unpaired) electrons. The number of thioether (sulfide) groups is 1. The van der Waals surface area contributed by atoms with Gasteiger partial charge >= 0.3 is 24.3 Å². The largest absolute Gasteiger partial charge is 0.493 e. The molecule has 3 heterocycles. The predicted octanol–water partition coefficient (Wildman–Crippen LogP) is 5.19. The van der Waals surface area contributed by atoms with Crippen molar-refractivity contribution in [2.75, 3.05) is 6.26 Å². The number of carbonyl (C=O) groups is 1. The fraction of sp³-hybridized carbons (Fsp3) is 0.318. The maximum atomic E-state index is 15.0. The Balaban J connectivity index is 1.68. The number of hydrogen-bond donors (Lipinski definition) is 1. The molecule has 0 aliphatic carbocycles. The zero-order valence-electron chi connectivity index (χ0n) is 19.7. The molecular formula is C22H16F7N5O4S. The molecule has 0 fully saturated rings. The molecule has 0 saturated heterocycles. The quantitative estimate of drug-likeness (QED) is 0.254. The van der Waals surface area contributed by atoms with Crippen LogP contribution in [0.1, 0.15) is 18.9 Å². The van der Waals surface area contributed by atoms with Crippen molar-refractivity contribution >= 4 is 23.8 Å². The summed E-state index contributed by atoms with van der Waals surface area (Å²) in [7, 11) is 0. The van der Waals surface area contributed by atoms with Crippen molar-refractivity contribution in [3.63, 3.8) is 0 Å². The van der Waals surface area contributed by atoms with Gasteiger partial charge < -0.3 is 14.1 Å². The molecule has 1 N–H and O–H groups in total. The van der Waals surface area contributed by atoms with Crippen LogP contribution in [0.4, 0.5) is 30.7 Å². The van der Waals surface area contributed by atoms with Crippen LogP contribution in [0.5, 0.6) is 0 Å². The van der Waals surface area contributed by atoms with Crippen molar-refractivity contribution in [2.45, 2.75) is 42.2 Å². The summed E-state index contributed by atoms with van der Waals surface area (Å²) in [6.07, 6.45) is -9.09. The van der Waals surface area contributed by atoms with Crippen LogP contribution in [-0.4, -0.2) is 51.8 Å². The number of alkyl halides is 6. The molecule has 1 aliphatic heterocycles. The summed E-state index contributed by atoms with van der Waals surface area (Å²) in [6, 6.07) is 3.60. The van der Waals surface area contributed by atoms with Gasteiger partial charge in [-0.15, -0.1) is 11.8 Å². The highest BCUT2D eigenvalue weighted by Crippen LogP contribution is 2.42. The van der Waals surface area contributed by atoms with Gasteiger partial charge in [-0.3, -0.25) is 0 Å². The van der Waals surface area contributed by atoms with Gasteiger partial charge in [0.15, 0.2) is 23.4 Å². The minimum Gasteiger partial charge on any atom is -0.450 e. The van der Waals surface area contributed by atoms with E-state index in [0.717, 1.165) is 24.0 Å². The molecule has 4 rings (SSSR count). The van der Waals surface area contributed by atoms with Gasteiger partial charge in [-0.25, -0.2) is 24.1 Å². The van der Waals surface area contributed by atoms with E-state index < -0.39 is 48.2 Å². The monoisotopic (exact) mass is 579 g/mol. The zero-order chi connectivity index (χ0) is 28.6. The highest BCUT2D eigenvalue weighted by atomic mass is 32.2. The maximum absolute atomic E-state index is 15.0. The van der Waals surface area contributed by atoms with Crippen molar-refractivity contribution in [1.82, 2.24) is 20.6 Å². The molecule has 0 unspecified atom stereocenters. The Morgan fingerprint density at radius 3 is 2.46 bits per heavy atom. The third-order valence-electron chi connectivity index (χ3n) is 5.45. The molecule has 2 atom stereocenters. The average molecular weight is 579 g/mol. The number of ether oxygens (including phenoxy) is 1. The Labute approximate surface area is 218 Å². The van der Waals surface area contributed by atoms with E-state index in [9.17, 15) is 35.5 Å². The first kappa shape index (κ1) is 28.1. The number of hydroxylamine groups is 1. The van der Waals surface area contributed by atoms with Crippen LogP contribution in [0.2, 0.25) is 0 Å². The second-order valence-corrected chi connectivity index (χ2v) is 9.13. The van der Waals surface area contributed by atoms with Crippen LogP contribution in [0.15, 0.2) is 51.1 Å². The molecule has 0 amide bonds. The lowest BCUT2D eigenvalue weighted by atomic mass is 9.84. The molecule has 1 aromatic carbocycles. The number of halogens is 7. The number of nitrogens with zero attached hydrogens (tertiary/aromatic N) is 4. The van der Waals surface area contributed by atoms with E-state index in [0.29, 0.717) is 0 Å². The minimum absolute atomic E-state index is 0.0910. The van der Waals surface area contributed by atoms with Crippen molar-refractivity contribution in [1.29, 1.82) is 0 Å². The molecule has 3 aromatic rings. The third-order valence-corrected chi connectivity index (χ3v) is 6.13. The Bertz CT molecular complexity index is 1390. The van der Waals surface area contributed by atoms with E-state index in [1.165, 1.54) is 29.4 Å². The van der Waals surface area contributed by atoms with Gasteiger partial charge in [-0.1, -0.05) is 5.16 Å². The summed E-state index contributed by atoms with van der Waals surface area (Å²) in [5.41, 5.74) is -0.651. The number of hydrogen-bond acceptors (Lipinski definition) is 10. The first-order valence-corrected chi connectivity index (χ1v) is 11.9. The standard InChI is InChI=1S/C22H16F7N5O4S/c1-20(7-16(21(24,25)26)36-19(32-20)34-38-18(35)22(27,28)29)12-5-10(3-4-13(12)23)15-6-14(33-37-15)17-30-8-11(39-2)9-31-17/h3-6,8-9,16H,7H2,1-2H3,(H,32,34)/t16-,20-/m0/s1.